The van der Waals surface area contributed by atoms with Crippen molar-refractivity contribution < 1.29 is 4.74 Å². The summed E-state index contributed by atoms with van der Waals surface area (Å²) in [7, 11) is 0. The molecule has 2 rings (SSSR count). The Morgan fingerprint density at radius 3 is 2.68 bits per heavy atom. The Kier molecular flexibility index (Phi) is 5.37. The second-order valence-corrected chi connectivity index (χ2v) is 6.41. The number of hydrogen-bond donors (Lipinski definition) is 1. The summed E-state index contributed by atoms with van der Waals surface area (Å²) in [6, 6.07) is 4.34. The normalized spacial score (nSPS) is 15.0. The Labute approximate surface area is 125 Å². The second kappa shape index (κ2) is 6.83. The van der Waals surface area contributed by atoms with Crippen LogP contribution in [0.3, 0.4) is 0 Å². The molecule has 0 radical (unpaired) electrons. The van der Waals surface area contributed by atoms with Crippen LogP contribution in [0.25, 0.3) is 0 Å². The van der Waals surface area contributed by atoms with Gasteiger partial charge in [-0.1, -0.05) is 37.0 Å². The molecule has 1 saturated carbocycles. The molecule has 0 unspecified atom stereocenters. The summed E-state index contributed by atoms with van der Waals surface area (Å²) in [6.45, 7) is 5.82. The molecule has 2 nitrogen and oxygen atoms in total. The predicted octanol–water partition coefficient (Wildman–Crippen LogP) is 4.67. The number of rotatable bonds is 7. The molecule has 0 amide bonds. The number of ether oxygens (including phenoxy) is 1. The van der Waals surface area contributed by atoms with E-state index in [1.807, 2.05) is 6.07 Å². The second-order valence-electron chi connectivity index (χ2n) is 5.56. The Hall–Kier alpha value is -0.440. The van der Waals surface area contributed by atoms with Gasteiger partial charge in [-0.2, -0.15) is 0 Å². The Balaban J connectivity index is 2.03. The fourth-order valence-corrected chi connectivity index (χ4v) is 2.44. The fourth-order valence-electron chi connectivity index (χ4n) is 1.85. The van der Waals surface area contributed by atoms with E-state index >= 15 is 0 Å². The topological polar surface area (TPSA) is 21.3 Å². The third kappa shape index (κ3) is 4.87. The molecule has 1 N–H and O–H groups in total. The smallest absolute Gasteiger partial charge is 0.142 e. The molecular weight excluding hydrogens is 281 g/mol. The standard InChI is InChI=1S/C15H21Cl2NO/c1-10(2)5-6-19-15-11(9-18-13-3-4-13)7-12(16)8-14(15)17/h7-8,10,13,18H,3-6,9H2,1-2H3. The summed E-state index contributed by atoms with van der Waals surface area (Å²) >= 11 is 12.3. The van der Waals surface area contributed by atoms with Gasteiger partial charge >= 0.3 is 0 Å². The van der Waals surface area contributed by atoms with E-state index < -0.39 is 0 Å². The lowest BCUT2D eigenvalue weighted by Crippen LogP contribution is -2.16. The van der Waals surface area contributed by atoms with Gasteiger partial charge in [0, 0.05) is 23.2 Å². The van der Waals surface area contributed by atoms with Crippen molar-refractivity contribution in [3.8, 4) is 5.75 Å². The number of nitrogens with one attached hydrogen (secondary N) is 1. The van der Waals surface area contributed by atoms with Crippen LogP contribution >= 0.6 is 23.2 Å². The Morgan fingerprint density at radius 1 is 1.32 bits per heavy atom. The van der Waals surface area contributed by atoms with Crippen LogP contribution in [0.5, 0.6) is 5.75 Å². The van der Waals surface area contributed by atoms with Crippen molar-refractivity contribution in [2.75, 3.05) is 6.61 Å². The van der Waals surface area contributed by atoms with Crippen molar-refractivity contribution in [2.45, 2.75) is 45.7 Å². The van der Waals surface area contributed by atoms with Crippen LogP contribution in [-0.4, -0.2) is 12.6 Å². The summed E-state index contributed by atoms with van der Waals surface area (Å²) < 4.78 is 5.86. The van der Waals surface area contributed by atoms with Gasteiger partial charge in [-0.15, -0.1) is 0 Å². The molecule has 0 spiro atoms. The largest absolute Gasteiger partial charge is 0.492 e. The van der Waals surface area contributed by atoms with E-state index in [4.69, 9.17) is 27.9 Å². The van der Waals surface area contributed by atoms with E-state index in [0.717, 1.165) is 24.3 Å². The van der Waals surface area contributed by atoms with Crippen molar-refractivity contribution in [1.29, 1.82) is 0 Å². The van der Waals surface area contributed by atoms with Crippen molar-refractivity contribution in [3.63, 3.8) is 0 Å². The van der Waals surface area contributed by atoms with Gasteiger partial charge in [0.05, 0.1) is 11.6 Å². The van der Waals surface area contributed by atoms with Crippen molar-refractivity contribution in [3.05, 3.63) is 27.7 Å². The Morgan fingerprint density at radius 2 is 2.05 bits per heavy atom. The van der Waals surface area contributed by atoms with Gasteiger partial charge in [-0.05, 0) is 37.3 Å². The molecule has 1 aliphatic carbocycles. The number of benzene rings is 1. The van der Waals surface area contributed by atoms with Crippen molar-refractivity contribution >= 4 is 23.2 Å². The lowest BCUT2D eigenvalue weighted by Gasteiger charge is -2.15. The molecule has 0 aromatic heterocycles. The minimum Gasteiger partial charge on any atom is -0.492 e. The SMILES string of the molecule is CC(C)CCOc1c(Cl)cc(Cl)cc1CNC1CC1. The van der Waals surface area contributed by atoms with Gasteiger partial charge in [-0.25, -0.2) is 0 Å². The zero-order chi connectivity index (χ0) is 13.8. The van der Waals surface area contributed by atoms with Crippen molar-refractivity contribution in [2.24, 2.45) is 5.92 Å². The highest BCUT2D eigenvalue weighted by Gasteiger charge is 2.21. The summed E-state index contributed by atoms with van der Waals surface area (Å²) in [6.07, 6.45) is 3.55. The molecular formula is C15H21Cl2NO. The minimum atomic E-state index is 0.601. The molecule has 0 atom stereocenters. The lowest BCUT2D eigenvalue weighted by molar-refractivity contribution is 0.286. The first-order valence-corrected chi connectivity index (χ1v) is 7.66. The number of halogens is 2. The van der Waals surface area contributed by atoms with Gasteiger partial charge in [0.2, 0.25) is 0 Å². The van der Waals surface area contributed by atoms with Gasteiger partial charge in [0.25, 0.3) is 0 Å². The van der Waals surface area contributed by atoms with E-state index in [9.17, 15) is 0 Å². The quantitative estimate of drug-likeness (QED) is 0.790. The van der Waals surface area contributed by atoms with Gasteiger partial charge < -0.3 is 10.1 Å². The van der Waals surface area contributed by atoms with Crippen LogP contribution in [0.2, 0.25) is 10.0 Å². The van der Waals surface area contributed by atoms with Crippen LogP contribution in [0.15, 0.2) is 12.1 Å². The van der Waals surface area contributed by atoms with Gasteiger partial charge in [0.1, 0.15) is 5.75 Å². The van der Waals surface area contributed by atoms with E-state index in [0.29, 0.717) is 28.6 Å². The highest BCUT2D eigenvalue weighted by atomic mass is 35.5. The minimum absolute atomic E-state index is 0.601. The first-order chi connectivity index (χ1) is 9.06. The zero-order valence-corrected chi connectivity index (χ0v) is 13.0. The zero-order valence-electron chi connectivity index (χ0n) is 11.5. The van der Waals surface area contributed by atoms with E-state index in [-0.39, 0.29) is 0 Å². The summed E-state index contributed by atoms with van der Waals surface area (Å²) in [4.78, 5) is 0. The average molecular weight is 302 g/mol. The summed E-state index contributed by atoms with van der Waals surface area (Å²) in [5.74, 6) is 1.40. The molecule has 1 aromatic carbocycles. The summed E-state index contributed by atoms with van der Waals surface area (Å²) in [5.41, 5.74) is 1.05. The molecule has 0 aliphatic heterocycles. The van der Waals surface area contributed by atoms with Crippen LogP contribution in [0.1, 0.15) is 38.7 Å². The first-order valence-electron chi connectivity index (χ1n) is 6.90. The summed E-state index contributed by atoms with van der Waals surface area (Å²) in [5, 5.41) is 4.73. The third-order valence-corrected chi connectivity index (χ3v) is 3.68. The lowest BCUT2D eigenvalue weighted by atomic mass is 10.1. The molecule has 0 heterocycles. The molecule has 4 heteroatoms. The predicted molar refractivity (Wildman–Crippen MR) is 81.3 cm³/mol. The fraction of sp³-hybridized carbons (Fsp3) is 0.600. The highest BCUT2D eigenvalue weighted by molar-refractivity contribution is 6.35. The van der Waals surface area contributed by atoms with Crippen LogP contribution in [-0.2, 0) is 6.54 Å². The van der Waals surface area contributed by atoms with Gasteiger partial charge in [0.15, 0.2) is 0 Å². The monoisotopic (exact) mass is 301 g/mol. The highest BCUT2D eigenvalue weighted by Crippen LogP contribution is 2.33. The van der Waals surface area contributed by atoms with Crippen LogP contribution in [0.4, 0.5) is 0 Å². The van der Waals surface area contributed by atoms with Crippen molar-refractivity contribution in [1.82, 2.24) is 5.32 Å². The Bertz CT molecular complexity index is 430. The maximum absolute atomic E-state index is 6.24. The number of hydrogen-bond acceptors (Lipinski definition) is 2. The van der Waals surface area contributed by atoms with Crippen LogP contribution < -0.4 is 10.1 Å². The van der Waals surface area contributed by atoms with Crippen LogP contribution in [0, 0.1) is 5.92 Å². The molecule has 106 valence electrons. The van der Waals surface area contributed by atoms with E-state index in [1.54, 1.807) is 6.07 Å². The maximum Gasteiger partial charge on any atom is 0.142 e. The molecule has 0 bridgehead atoms. The van der Waals surface area contributed by atoms with E-state index in [2.05, 4.69) is 19.2 Å². The first kappa shape index (κ1) is 15.0. The van der Waals surface area contributed by atoms with E-state index in [1.165, 1.54) is 12.8 Å². The maximum atomic E-state index is 6.24. The average Bonchev–Trinajstić information content (AvgIpc) is 3.12. The molecule has 1 aliphatic rings. The molecule has 19 heavy (non-hydrogen) atoms. The molecule has 1 aromatic rings. The molecule has 1 fully saturated rings. The molecule has 0 saturated heterocycles. The van der Waals surface area contributed by atoms with Gasteiger partial charge in [-0.3, -0.25) is 0 Å². The third-order valence-electron chi connectivity index (χ3n) is 3.19.